The zero-order chi connectivity index (χ0) is 28.2. The molecule has 4 atom stereocenters. The fourth-order valence-electron chi connectivity index (χ4n) is 6.40. The minimum Gasteiger partial charge on any atom is -0.454 e. The van der Waals surface area contributed by atoms with Crippen molar-refractivity contribution in [1.82, 2.24) is 20.9 Å². The Hall–Kier alpha value is -3.40. The maximum absolute atomic E-state index is 13.6. The van der Waals surface area contributed by atoms with Gasteiger partial charge in [0.1, 0.15) is 17.3 Å². The maximum Gasteiger partial charge on any atom is 0.326 e. The van der Waals surface area contributed by atoms with Crippen molar-refractivity contribution in [3.8, 4) is 17.6 Å². The Balaban J connectivity index is 1.11. The van der Waals surface area contributed by atoms with E-state index in [9.17, 15) is 19.6 Å². The molecule has 11 nitrogen and oxygen atoms in total. The quantitative estimate of drug-likeness (QED) is 0.349. The van der Waals surface area contributed by atoms with Gasteiger partial charge in [0, 0.05) is 30.7 Å². The van der Waals surface area contributed by atoms with Gasteiger partial charge in [-0.1, -0.05) is 29.4 Å². The number of nitrogens with one attached hydrogen (secondary N) is 3. The van der Waals surface area contributed by atoms with E-state index in [2.05, 4.69) is 22.0 Å². The Bertz CT molecular complexity index is 1440. The van der Waals surface area contributed by atoms with Gasteiger partial charge in [-0.05, 0) is 56.7 Å². The molecule has 3 unspecified atom stereocenters. The minimum absolute atomic E-state index is 0.0561. The van der Waals surface area contributed by atoms with Gasteiger partial charge >= 0.3 is 6.03 Å². The highest BCUT2D eigenvalue weighted by Gasteiger charge is 2.53. The molecule has 1 saturated carbocycles. The fraction of sp³-hybridized carbons (Fsp3) is 0.500. The zero-order valence-corrected chi connectivity index (χ0v) is 23.7. The molecule has 5 heterocycles. The Kier molecular flexibility index (Phi) is 6.76. The number of piperidine rings is 2. The molecule has 41 heavy (non-hydrogen) atoms. The SMILES string of the molecule is N#C/C(=C\C1CC1)C(=O)N1CCC[C@@H](NC(=O)C2=C3NC(=O)N(c4c(Cl)ccc5c4OCO5)C4CCNC(S2)C34)C1. The number of nitrogens with zero attached hydrogens (tertiary/aromatic N) is 3. The molecule has 1 aromatic carbocycles. The lowest BCUT2D eigenvalue weighted by Gasteiger charge is -2.46. The lowest BCUT2D eigenvalue weighted by molar-refractivity contribution is -0.129. The summed E-state index contributed by atoms with van der Waals surface area (Å²) in [5, 5.41) is 19.4. The molecule has 7 rings (SSSR count). The van der Waals surface area contributed by atoms with Gasteiger partial charge in [-0.15, -0.1) is 0 Å². The van der Waals surface area contributed by atoms with E-state index in [0.717, 1.165) is 25.7 Å². The third-order valence-corrected chi connectivity index (χ3v) is 10.1. The number of anilines is 1. The summed E-state index contributed by atoms with van der Waals surface area (Å²) < 4.78 is 11.2. The highest BCUT2D eigenvalue weighted by atomic mass is 35.5. The van der Waals surface area contributed by atoms with Gasteiger partial charge in [0.05, 0.1) is 21.3 Å². The molecule has 1 aromatic rings. The second kappa shape index (κ2) is 10.5. The summed E-state index contributed by atoms with van der Waals surface area (Å²) in [5.41, 5.74) is 1.28. The maximum atomic E-state index is 13.6. The van der Waals surface area contributed by atoms with Crippen molar-refractivity contribution < 1.29 is 23.9 Å². The molecule has 13 heteroatoms. The number of hydrogen-bond acceptors (Lipinski definition) is 8. The molecule has 6 aliphatic rings. The van der Waals surface area contributed by atoms with Gasteiger partial charge in [-0.2, -0.15) is 5.26 Å². The smallest absolute Gasteiger partial charge is 0.326 e. The number of rotatable bonds is 5. The van der Waals surface area contributed by atoms with Crippen LogP contribution < -0.4 is 30.3 Å². The summed E-state index contributed by atoms with van der Waals surface area (Å²) in [6, 6.07) is 4.62. The molecule has 0 spiro atoms. The number of allylic oxidation sites excluding steroid dienone is 1. The average molecular weight is 597 g/mol. The van der Waals surface area contributed by atoms with Crippen molar-refractivity contribution in [3.63, 3.8) is 0 Å². The Morgan fingerprint density at radius 1 is 1.22 bits per heavy atom. The van der Waals surface area contributed by atoms with E-state index in [0.29, 0.717) is 64.8 Å². The third-order valence-electron chi connectivity index (χ3n) is 8.47. The van der Waals surface area contributed by atoms with E-state index in [1.165, 1.54) is 11.8 Å². The summed E-state index contributed by atoms with van der Waals surface area (Å²) >= 11 is 8.02. The number of carbonyl (C=O) groups excluding carboxylic acids is 3. The van der Waals surface area contributed by atoms with Gasteiger partial charge in [0.25, 0.3) is 11.8 Å². The van der Waals surface area contributed by atoms with Crippen LogP contribution in [0.4, 0.5) is 10.5 Å². The second-order valence-electron chi connectivity index (χ2n) is 11.1. The molecule has 1 aliphatic carbocycles. The van der Waals surface area contributed by atoms with E-state index in [1.54, 1.807) is 28.0 Å². The van der Waals surface area contributed by atoms with Crippen molar-refractivity contribution in [3.05, 3.63) is 39.4 Å². The summed E-state index contributed by atoms with van der Waals surface area (Å²) in [5.74, 6) is 0.614. The molecule has 214 valence electrons. The Labute approximate surface area is 246 Å². The minimum atomic E-state index is -0.374. The van der Waals surface area contributed by atoms with Crippen LogP contribution in [0.3, 0.4) is 0 Å². The van der Waals surface area contributed by atoms with Gasteiger partial charge in [0.15, 0.2) is 11.5 Å². The van der Waals surface area contributed by atoms with Crippen LogP contribution >= 0.6 is 23.4 Å². The molecule has 0 radical (unpaired) electrons. The molecule has 0 aromatic heterocycles. The van der Waals surface area contributed by atoms with Gasteiger partial charge in [-0.3, -0.25) is 14.5 Å². The van der Waals surface area contributed by atoms with Crippen LogP contribution in [0.5, 0.6) is 11.5 Å². The number of thioether (sulfide) groups is 1. The molecular weight excluding hydrogens is 568 g/mol. The monoisotopic (exact) mass is 596 g/mol. The largest absolute Gasteiger partial charge is 0.454 e. The van der Waals surface area contributed by atoms with Crippen molar-refractivity contribution >= 4 is 46.9 Å². The third kappa shape index (κ3) is 4.70. The highest BCUT2D eigenvalue weighted by molar-refractivity contribution is 8.04. The summed E-state index contributed by atoms with van der Waals surface area (Å²) in [7, 11) is 0. The van der Waals surface area contributed by atoms with Crippen molar-refractivity contribution in [2.45, 2.75) is 49.6 Å². The molecule has 5 aliphatic heterocycles. The molecule has 3 N–H and O–H groups in total. The van der Waals surface area contributed by atoms with Crippen LogP contribution in [0.1, 0.15) is 32.1 Å². The van der Waals surface area contributed by atoms with Crippen LogP contribution in [0.25, 0.3) is 0 Å². The number of benzene rings is 1. The van der Waals surface area contributed by atoms with Crippen LogP contribution in [0, 0.1) is 23.2 Å². The zero-order valence-electron chi connectivity index (χ0n) is 22.2. The number of likely N-dealkylation sites (tertiary alicyclic amines) is 1. The van der Waals surface area contributed by atoms with Gasteiger partial charge in [0.2, 0.25) is 6.79 Å². The van der Waals surface area contributed by atoms with Crippen molar-refractivity contribution in [2.24, 2.45) is 11.8 Å². The van der Waals surface area contributed by atoms with Crippen LogP contribution in [0.2, 0.25) is 5.02 Å². The van der Waals surface area contributed by atoms with E-state index in [4.69, 9.17) is 21.1 Å². The predicted octanol–water partition coefficient (Wildman–Crippen LogP) is 2.83. The predicted molar refractivity (Wildman–Crippen MR) is 151 cm³/mol. The Morgan fingerprint density at radius 3 is 2.88 bits per heavy atom. The summed E-state index contributed by atoms with van der Waals surface area (Å²) in [6.07, 6.45) is 5.94. The molecular formula is C28H29ClN6O5S. The number of carbonyl (C=O) groups is 3. The van der Waals surface area contributed by atoms with E-state index in [1.807, 2.05) is 0 Å². The number of halogens is 1. The number of urea groups is 1. The average Bonchev–Trinajstić information content (AvgIpc) is 3.53. The van der Waals surface area contributed by atoms with Crippen LogP contribution in [0.15, 0.2) is 34.4 Å². The Morgan fingerprint density at radius 2 is 2.07 bits per heavy atom. The summed E-state index contributed by atoms with van der Waals surface area (Å²) in [4.78, 5) is 44.1. The van der Waals surface area contributed by atoms with Gasteiger partial charge < -0.3 is 30.3 Å². The topological polar surface area (TPSA) is 136 Å². The van der Waals surface area contributed by atoms with E-state index in [-0.39, 0.29) is 53.6 Å². The molecule has 0 bridgehead atoms. The van der Waals surface area contributed by atoms with E-state index < -0.39 is 0 Å². The van der Waals surface area contributed by atoms with Crippen molar-refractivity contribution in [2.75, 3.05) is 31.3 Å². The lowest BCUT2D eigenvalue weighted by Crippen LogP contribution is -2.62. The molecule has 4 fully saturated rings. The van der Waals surface area contributed by atoms with Crippen LogP contribution in [-0.4, -0.2) is 66.6 Å². The molecule has 3 saturated heterocycles. The van der Waals surface area contributed by atoms with E-state index >= 15 is 0 Å². The lowest BCUT2D eigenvalue weighted by atomic mass is 9.86. The van der Waals surface area contributed by atoms with Crippen molar-refractivity contribution in [1.29, 1.82) is 5.26 Å². The number of nitriles is 1. The first kappa shape index (κ1) is 26.5. The first-order chi connectivity index (χ1) is 19.9. The number of hydrogen-bond donors (Lipinski definition) is 3. The second-order valence-corrected chi connectivity index (χ2v) is 12.7. The summed E-state index contributed by atoms with van der Waals surface area (Å²) in [6.45, 7) is 1.62. The number of fused-ring (bicyclic) bond motifs is 1. The fourth-order valence-corrected chi connectivity index (χ4v) is 8.03. The van der Waals surface area contributed by atoms with Gasteiger partial charge in [-0.25, -0.2) is 4.79 Å². The normalized spacial score (nSPS) is 28.7. The molecule has 4 amide bonds. The number of ether oxygens (including phenoxy) is 2. The first-order valence-corrected chi connectivity index (χ1v) is 15.2. The first-order valence-electron chi connectivity index (χ1n) is 14.0. The standard InChI is InChI=1S/C28H29ClN6O5S/c29-17-5-6-19-23(40-13-39-19)22(17)35-18-7-8-31-26-20(18)21(33-28(35)38)24(41-26)25(36)32-16-2-1-9-34(12-16)27(37)15(11-30)10-14-3-4-14/h5-6,10,14,16,18,20,26,31H,1-4,7-9,12-13H2,(H,32,36)(H,33,38)/b15-10+/t16-,18?,20?,26?/m1/s1. The van der Waals surface area contributed by atoms with Crippen LogP contribution in [-0.2, 0) is 9.59 Å². The number of amides is 4. The highest BCUT2D eigenvalue weighted by Crippen LogP contribution is 2.52.